The van der Waals surface area contributed by atoms with Crippen molar-refractivity contribution in [2.75, 3.05) is 12.4 Å². The molecule has 3 heterocycles. The molecule has 8 heteroatoms. The van der Waals surface area contributed by atoms with Crippen LogP contribution in [-0.4, -0.2) is 38.5 Å². The van der Waals surface area contributed by atoms with E-state index in [1.54, 1.807) is 48.6 Å². The van der Waals surface area contributed by atoms with Gasteiger partial charge in [0.15, 0.2) is 0 Å². The maximum atomic E-state index is 12.6. The van der Waals surface area contributed by atoms with Crippen LogP contribution in [0.2, 0.25) is 0 Å². The molecule has 3 aromatic rings. The number of pyridine rings is 2. The molecule has 3 rings (SSSR count). The van der Waals surface area contributed by atoms with Crippen LogP contribution >= 0.6 is 0 Å². The number of rotatable bonds is 8. The van der Waals surface area contributed by atoms with E-state index in [1.165, 1.54) is 0 Å². The molecule has 0 spiro atoms. The summed E-state index contributed by atoms with van der Waals surface area (Å²) in [5, 5.41) is 7.34. The molecule has 0 aromatic carbocycles. The van der Waals surface area contributed by atoms with Crippen molar-refractivity contribution in [3.63, 3.8) is 0 Å². The van der Waals surface area contributed by atoms with Gasteiger partial charge in [0, 0.05) is 47.0 Å². The fourth-order valence-electron chi connectivity index (χ4n) is 3.26. The van der Waals surface area contributed by atoms with Crippen LogP contribution in [0.15, 0.2) is 66.6 Å². The summed E-state index contributed by atoms with van der Waals surface area (Å²) in [7, 11) is 1.58. The number of ether oxygens (including phenoxy) is 1. The smallest absolute Gasteiger partial charge is 0.247 e. The molecule has 0 aliphatic rings. The Morgan fingerprint density at radius 1 is 1.22 bits per heavy atom. The molecule has 0 aliphatic carbocycles. The molecule has 0 aliphatic heterocycles. The Balaban J connectivity index is 1.72. The highest BCUT2D eigenvalue weighted by molar-refractivity contribution is 6.08. The minimum atomic E-state index is -0.221. The Morgan fingerprint density at radius 2 is 2.03 bits per heavy atom. The van der Waals surface area contributed by atoms with Gasteiger partial charge in [-0.3, -0.25) is 14.5 Å². The molecule has 0 unspecified atom stereocenters. The summed E-state index contributed by atoms with van der Waals surface area (Å²) < 4.78 is 6.80. The van der Waals surface area contributed by atoms with Crippen LogP contribution in [0.1, 0.15) is 23.9 Å². The molecule has 0 atom stereocenters. The number of hydrogen-bond acceptors (Lipinski definition) is 6. The molecule has 0 saturated heterocycles. The van der Waals surface area contributed by atoms with Crippen molar-refractivity contribution < 1.29 is 9.53 Å². The number of nitrogens with one attached hydrogen (secondary N) is 1. The van der Waals surface area contributed by atoms with Crippen LogP contribution in [0.4, 0.5) is 5.82 Å². The van der Waals surface area contributed by atoms with Gasteiger partial charge in [-0.05, 0) is 45.0 Å². The lowest BCUT2D eigenvalue weighted by Gasteiger charge is -2.08. The van der Waals surface area contributed by atoms with E-state index in [0.29, 0.717) is 17.4 Å². The molecule has 32 heavy (non-hydrogen) atoms. The minimum Gasteiger partial charge on any atom is -0.481 e. The molecule has 164 valence electrons. The SMILES string of the molecule is C=CC(=N/C=C\C)c1ccc(NC(=O)Cn2nc(C)c(-c3ccc(OC)nc3)c2C)nc1. The predicted molar refractivity (Wildman–Crippen MR) is 126 cm³/mol. The van der Waals surface area contributed by atoms with Gasteiger partial charge in [-0.25, -0.2) is 9.97 Å². The van der Waals surface area contributed by atoms with Crippen LogP contribution in [0.25, 0.3) is 11.1 Å². The summed E-state index contributed by atoms with van der Waals surface area (Å²) in [4.78, 5) is 25.5. The van der Waals surface area contributed by atoms with Gasteiger partial charge in [0.05, 0.1) is 18.5 Å². The number of allylic oxidation sites excluding steroid dienone is 2. The average molecular weight is 431 g/mol. The Hall–Kier alpha value is -4.07. The van der Waals surface area contributed by atoms with Crippen molar-refractivity contribution in [1.29, 1.82) is 0 Å². The summed E-state index contributed by atoms with van der Waals surface area (Å²) in [5.41, 5.74) is 5.09. The number of hydrogen-bond donors (Lipinski definition) is 1. The van der Waals surface area contributed by atoms with E-state index in [9.17, 15) is 4.79 Å². The molecular formula is C24H26N6O2. The largest absolute Gasteiger partial charge is 0.481 e. The normalized spacial score (nSPS) is 11.6. The Morgan fingerprint density at radius 3 is 2.62 bits per heavy atom. The second-order valence-corrected chi connectivity index (χ2v) is 6.97. The van der Waals surface area contributed by atoms with E-state index in [2.05, 4.69) is 32.0 Å². The Kier molecular flexibility index (Phi) is 7.28. The van der Waals surface area contributed by atoms with Crippen molar-refractivity contribution in [2.24, 2.45) is 4.99 Å². The third-order valence-electron chi connectivity index (χ3n) is 4.79. The summed E-state index contributed by atoms with van der Waals surface area (Å²) >= 11 is 0. The third-order valence-corrected chi connectivity index (χ3v) is 4.79. The molecule has 0 radical (unpaired) electrons. The van der Waals surface area contributed by atoms with Gasteiger partial charge >= 0.3 is 0 Å². The predicted octanol–water partition coefficient (Wildman–Crippen LogP) is 4.11. The first-order valence-electron chi connectivity index (χ1n) is 10.1. The topological polar surface area (TPSA) is 94.3 Å². The number of aryl methyl sites for hydroxylation is 1. The summed E-state index contributed by atoms with van der Waals surface area (Å²) in [6, 6.07) is 7.30. The number of carbonyl (C=O) groups excluding carboxylic acids is 1. The monoisotopic (exact) mass is 430 g/mol. The second-order valence-electron chi connectivity index (χ2n) is 6.97. The van der Waals surface area contributed by atoms with Gasteiger partial charge in [-0.15, -0.1) is 0 Å². The summed E-state index contributed by atoms with van der Waals surface area (Å²) in [6.45, 7) is 9.57. The highest BCUT2D eigenvalue weighted by Crippen LogP contribution is 2.27. The van der Waals surface area contributed by atoms with E-state index < -0.39 is 0 Å². The van der Waals surface area contributed by atoms with Gasteiger partial charge in [0.2, 0.25) is 11.8 Å². The number of methoxy groups -OCH3 is 1. The molecule has 1 amide bonds. The lowest BCUT2D eigenvalue weighted by molar-refractivity contribution is -0.117. The van der Waals surface area contributed by atoms with Gasteiger partial charge < -0.3 is 10.1 Å². The lowest BCUT2D eigenvalue weighted by Crippen LogP contribution is -2.21. The minimum absolute atomic E-state index is 0.0698. The van der Waals surface area contributed by atoms with Crippen LogP contribution in [0, 0.1) is 13.8 Å². The molecule has 3 aromatic heterocycles. The first kappa shape index (κ1) is 22.6. The van der Waals surface area contributed by atoms with Gasteiger partial charge in [0.1, 0.15) is 12.4 Å². The van der Waals surface area contributed by atoms with Crippen molar-refractivity contribution in [1.82, 2.24) is 19.7 Å². The Labute approximate surface area is 187 Å². The van der Waals surface area contributed by atoms with E-state index in [-0.39, 0.29) is 12.5 Å². The third kappa shape index (κ3) is 5.15. The van der Waals surface area contributed by atoms with Crippen molar-refractivity contribution in [2.45, 2.75) is 27.3 Å². The average Bonchev–Trinajstić information content (AvgIpc) is 3.07. The number of carbonyl (C=O) groups is 1. The first-order valence-corrected chi connectivity index (χ1v) is 10.1. The number of aliphatic imine (C=N–C) groups is 1. The van der Waals surface area contributed by atoms with Gasteiger partial charge in [-0.1, -0.05) is 12.7 Å². The van der Waals surface area contributed by atoms with E-state index >= 15 is 0 Å². The van der Waals surface area contributed by atoms with Gasteiger partial charge in [-0.2, -0.15) is 5.10 Å². The van der Waals surface area contributed by atoms with Crippen LogP contribution in [0.5, 0.6) is 5.88 Å². The zero-order chi connectivity index (χ0) is 23.1. The number of aromatic nitrogens is 4. The van der Waals surface area contributed by atoms with E-state index in [4.69, 9.17) is 4.74 Å². The standard InChI is InChI=1S/C24H26N6O2/c1-6-12-25-20(7-2)18-8-10-21(26-13-18)28-22(31)15-30-17(4)24(16(3)29-30)19-9-11-23(32-5)27-14-19/h6-14H,2,15H2,1,3-5H3,(H,26,28,31)/b12-6-,25-20?. The zero-order valence-electron chi connectivity index (χ0n) is 18.7. The van der Waals surface area contributed by atoms with Crippen molar-refractivity contribution in [3.8, 4) is 17.0 Å². The molecule has 0 saturated carbocycles. The molecule has 0 fully saturated rings. The highest BCUT2D eigenvalue weighted by atomic mass is 16.5. The van der Waals surface area contributed by atoms with Crippen molar-refractivity contribution >= 4 is 17.4 Å². The van der Waals surface area contributed by atoms with Gasteiger partial charge in [0.25, 0.3) is 0 Å². The van der Waals surface area contributed by atoms with Crippen molar-refractivity contribution in [3.05, 3.63) is 78.5 Å². The lowest BCUT2D eigenvalue weighted by atomic mass is 10.1. The van der Waals surface area contributed by atoms with Crippen LogP contribution < -0.4 is 10.1 Å². The fourth-order valence-corrected chi connectivity index (χ4v) is 3.26. The number of anilines is 1. The number of amides is 1. The highest BCUT2D eigenvalue weighted by Gasteiger charge is 2.16. The molecular weight excluding hydrogens is 404 g/mol. The maximum Gasteiger partial charge on any atom is 0.247 e. The summed E-state index contributed by atoms with van der Waals surface area (Å²) in [5.74, 6) is 0.777. The van der Waals surface area contributed by atoms with Crippen LogP contribution in [0.3, 0.4) is 0 Å². The molecule has 1 N–H and O–H groups in total. The summed E-state index contributed by atoms with van der Waals surface area (Å²) in [6.07, 6.45) is 8.58. The molecule has 0 bridgehead atoms. The van der Waals surface area contributed by atoms with Crippen LogP contribution in [-0.2, 0) is 11.3 Å². The first-order chi connectivity index (χ1) is 15.5. The number of nitrogens with zero attached hydrogens (tertiary/aromatic N) is 5. The second kappa shape index (κ2) is 10.3. The zero-order valence-corrected chi connectivity index (χ0v) is 18.7. The van der Waals surface area contributed by atoms with E-state index in [0.717, 1.165) is 28.1 Å². The Bertz CT molecular complexity index is 1160. The fraction of sp³-hybridized carbons (Fsp3) is 0.208. The van der Waals surface area contributed by atoms with E-state index in [1.807, 2.05) is 39.0 Å². The maximum absolute atomic E-state index is 12.6. The molecule has 8 nitrogen and oxygen atoms in total. The quantitative estimate of drug-likeness (QED) is 0.543.